The van der Waals surface area contributed by atoms with Crippen LogP contribution in [0, 0.1) is 5.82 Å². The summed E-state index contributed by atoms with van der Waals surface area (Å²) in [5, 5.41) is 14.1. The molecule has 1 saturated heterocycles. The number of amides is 2. The van der Waals surface area contributed by atoms with E-state index >= 15 is 0 Å². The number of sulfonamides is 1. The summed E-state index contributed by atoms with van der Waals surface area (Å²) in [6.07, 6.45) is 0. The van der Waals surface area contributed by atoms with Gasteiger partial charge in [0.05, 0.1) is 31.8 Å². The molecule has 3 heterocycles. The molecule has 214 valence electrons. The average Bonchev–Trinajstić information content (AvgIpc) is 3.34. The number of fused-ring (bicyclic) bond motifs is 4. The van der Waals surface area contributed by atoms with E-state index in [1.807, 2.05) is 18.2 Å². The second kappa shape index (κ2) is 10.1. The monoisotopic (exact) mass is 580 g/mol. The molecule has 1 spiro atoms. The van der Waals surface area contributed by atoms with Crippen LogP contribution in [0.15, 0.2) is 71.6 Å². The third kappa shape index (κ3) is 4.48. The Morgan fingerprint density at radius 2 is 1.78 bits per heavy atom. The number of aliphatic hydroxyl groups is 1. The third-order valence-corrected chi connectivity index (χ3v) is 9.68. The second-order valence-corrected chi connectivity index (χ2v) is 12.3. The number of halogens is 1. The van der Waals surface area contributed by atoms with Crippen LogP contribution >= 0.6 is 0 Å². The molecule has 2 aliphatic heterocycles. The maximum absolute atomic E-state index is 13.8. The summed E-state index contributed by atoms with van der Waals surface area (Å²) in [6.45, 7) is -0.0221. The fourth-order valence-electron chi connectivity index (χ4n) is 5.95. The van der Waals surface area contributed by atoms with Gasteiger partial charge in [-0.05, 0) is 48.0 Å². The first-order valence-corrected chi connectivity index (χ1v) is 14.4. The Morgan fingerprint density at radius 3 is 2.49 bits per heavy atom. The van der Waals surface area contributed by atoms with E-state index in [1.54, 1.807) is 25.3 Å². The predicted octanol–water partition coefficient (Wildman–Crippen LogP) is 3.85. The van der Waals surface area contributed by atoms with Gasteiger partial charge in [-0.3, -0.25) is 0 Å². The Bertz CT molecular complexity index is 1750. The van der Waals surface area contributed by atoms with Crippen molar-refractivity contribution < 1.29 is 32.2 Å². The van der Waals surface area contributed by atoms with Crippen LogP contribution in [0.25, 0.3) is 10.9 Å². The van der Waals surface area contributed by atoms with E-state index in [9.17, 15) is 22.7 Å². The number of rotatable bonds is 6. The highest BCUT2D eigenvalue weighted by atomic mass is 32.2. The van der Waals surface area contributed by atoms with Gasteiger partial charge in [0.2, 0.25) is 10.0 Å². The van der Waals surface area contributed by atoms with Crippen LogP contribution in [-0.2, 0) is 15.4 Å². The minimum absolute atomic E-state index is 0.111. The van der Waals surface area contributed by atoms with E-state index in [1.165, 1.54) is 46.6 Å². The van der Waals surface area contributed by atoms with Gasteiger partial charge in [-0.1, -0.05) is 12.1 Å². The first-order valence-electron chi connectivity index (χ1n) is 13.0. The zero-order chi connectivity index (χ0) is 28.9. The van der Waals surface area contributed by atoms with Crippen molar-refractivity contribution in [2.45, 2.75) is 16.4 Å². The fourth-order valence-corrected chi connectivity index (χ4v) is 7.60. The number of ether oxygens (including phenoxy) is 2. The lowest BCUT2D eigenvalue weighted by molar-refractivity contribution is 0.0550. The number of carbonyl (C=O) groups is 1. The van der Waals surface area contributed by atoms with Gasteiger partial charge in [0.25, 0.3) is 0 Å². The molecule has 0 radical (unpaired) electrons. The SMILES string of the molecule is COc1cccc(S(=O)(=O)N2CC3(CN(C(=O)Nc4cccc(F)c4)[C@H](CO)c4[nH]c5cc(OC)ccc5c43)C2)c1. The summed E-state index contributed by atoms with van der Waals surface area (Å²) in [6, 6.07) is 16.1. The van der Waals surface area contributed by atoms with Crippen molar-refractivity contribution in [3.05, 3.63) is 83.8 Å². The molecular weight excluding hydrogens is 551 g/mol. The summed E-state index contributed by atoms with van der Waals surface area (Å²) in [4.78, 5) is 18.5. The number of urea groups is 1. The molecule has 41 heavy (non-hydrogen) atoms. The zero-order valence-corrected chi connectivity index (χ0v) is 23.2. The van der Waals surface area contributed by atoms with E-state index < -0.39 is 33.3 Å². The number of H-pyrrole nitrogens is 1. The Morgan fingerprint density at radius 1 is 1.05 bits per heavy atom. The third-order valence-electron chi connectivity index (χ3n) is 7.89. The molecular formula is C29H29FN4O6S. The topological polar surface area (TPSA) is 124 Å². The van der Waals surface area contributed by atoms with Gasteiger partial charge in [-0.15, -0.1) is 0 Å². The van der Waals surface area contributed by atoms with E-state index in [-0.39, 0.29) is 36.8 Å². The number of methoxy groups -OCH3 is 2. The molecule has 0 aliphatic carbocycles. The highest BCUT2D eigenvalue weighted by Gasteiger charge is 2.56. The molecule has 0 unspecified atom stereocenters. The van der Waals surface area contributed by atoms with Crippen LogP contribution in [0.5, 0.6) is 11.5 Å². The van der Waals surface area contributed by atoms with Crippen molar-refractivity contribution in [1.29, 1.82) is 0 Å². The summed E-state index contributed by atoms with van der Waals surface area (Å²) in [5.74, 6) is 0.556. The van der Waals surface area contributed by atoms with Gasteiger partial charge in [-0.25, -0.2) is 17.6 Å². The van der Waals surface area contributed by atoms with Crippen LogP contribution < -0.4 is 14.8 Å². The van der Waals surface area contributed by atoms with Crippen molar-refractivity contribution in [3.63, 3.8) is 0 Å². The Hall–Kier alpha value is -4.13. The van der Waals surface area contributed by atoms with Crippen molar-refractivity contribution >= 4 is 32.6 Å². The van der Waals surface area contributed by atoms with Crippen molar-refractivity contribution in [3.8, 4) is 11.5 Å². The molecule has 3 aromatic carbocycles. The predicted molar refractivity (Wildman–Crippen MR) is 150 cm³/mol. The maximum Gasteiger partial charge on any atom is 0.322 e. The molecule has 2 aliphatic rings. The van der Waals surface area contributed by atoms with Gasteiger partial charge >= 0.3 is 6.03 Å². The van der Waals surface area contributed by atoms with Gasteiger partial charge in [0, 0.05) is 59.5 Å². The van der Waals surface area contributed by atoms with E-state index in [2.05, 4.69) is 10.3 Å². The molecule has 6 rings (SSSR count). The van der Waals surface area contributed by atoms with Gasteiger partial charge in [0.1, 0.15) is 17.3 Å². The minimum atomic E-state index is -3.86. The number of anilines is 1. The Balaban J connectivity index is 1.41. The quantitative estimate of drug-likeness (QED) is 0.318. The van der Waals surface area contributed by atoms with E-state index in [0.29, 0.717) is 17.2 Å². The van der Waals surface area contributed by atoms with Crippen LogP contribution in [0.1, 0.15) is 17.3 Å². The maximum atomic E-state index is 13.8. The molecule has 10 nitrogen and oxygen atoms in total. The van der Waals surface area contributed by atoms with E-state index in [4.69, 9.17) is 9.47 Å². The molecule has 1 aromatic heterocycles. The number of nitrogens with one attached hydrogen (secondary N) is 2. The molecule has 0 saturated carbocycles. The number of hydrogen-bond acceptors (Lipinski definition) is 6. The highest BCUT2D eigenvalue weighted by molar-refractivity contribution is 7.89. The fraction of sp³-hybridized carbons (Fsp3) is 0.276. The summed E-state index contributed by atoms with van der Waals surface area (Å²) in [7, 11) is -0.820. The summed E-state index contributed by atoms with van der Waals surface area (Å²) < 4.78 is 53.0. The van der Waals surface area contributed by atoms with Gasteiger partial charge in [0.15, 0.2) is 0 Å². The summed E-state index contributed by atoms with van der Waals surface area (Å²) in [5.41, 5.74) is 1.73. The number of aliphatic hydroxyl groups excluding tert-OH is 1. The first kappa shape index (κ1) is 27.1. The number of carbonyl (C=O) groups excluding carboxylic acids is 1. The van der Waals surface area contributed by atoms with Gasteiger partial charge in [-0.2, -0.15) is 4.31 Å². The van der Waals surface area contributed by atoms with Crippen LogP contribution in [0.4, 0.5) is 14.9 Å². The van der Waals surface area contributed by atoms with Crippen molar-refractivity contribution in [2.75, 3.05) is 45.8 Å². The smallest absolute Gasteiger partial charge is 0.322 e. The molecule has 4 aromatic rings. The minimum Gasteiger partial charge on any atom is -0.497 e. The number of aromatic amines is 1. The lowest BCUT2D eigenvalue weighted by atomic mass is 9.70. The highest BCUT2D eigenvalue weighted by Crippen LogP contribution is 2.50. The summed E-state index contributed by atoms with van der Waals surface area (Å²) >= 11 is 0. The number of aromatic nitrogens is 1. The largest absolute Gasteiger partial charge is 0.497 e. The molecule has 1 fully saturated rings. The van der Waals surface area contributed by atoms with Crippen LogP contribution in [0.2, 0.25) is 0 Å². The lowest BCUT2D eigenvalue weighted by Crippen LogP contribution is -2.68. The van der Waals surface area contributed by atoms with Crippen LogP contribution in [0.3, 0.4) is 0 Å². The normalized spacial score (nSPS) is 18.1. The molecule has 0 bridgehead atoms. The van der Waals surface area contributed by atoms with Crippen LogP contribution in [-0.4, -0.2) is 74.2 Å². The first-order chi connectivity index (χ1) is 19.7. The van der Waals surface area contributed by atoms with E-state index in [0.717, 1.165) is 16.5 Å². The van der Waals surface area contributed by atoms with Crippen molar-refractivity contribution in [1.82, 2.24) is 14.2 Å². The molecule has 1 atom stereocenters. The van der Waals surface area contributed by atoms with Gasteiger partial charge < -0.3 is 29.8 Å². The number of hydrogen-bond donors (Lipinski definition) is 3. The zero-order valence-electron chi connectivity index (χ0n) is 22.4. The number of nitrogens with zero attached hydrogens (tertiary/aromatic N) is 2. The molecule has 3 N–H and O–H groups in total. The number of benzene rings is 3. The Kier molecular flexibility index (Phi) is 6.63. The molecule has 12 heteroatoms. The average molecular weight is 581 g/mol. The Labute approximate surface area is 236 Å². The lowest BCUT2D eigenvalue weighted by Gasteiger charge is -2.55. The van der Waals surface area contributed by atoms with Crippen molar-refractivity contribution in [2.24, 2.45) is 0 Å². The molecule has 2 amide bonds. The second-order valence-electron chi connectivity index (χ2n) is 10.3. The standard InChI is InChI=1S/C29H29FN4O6S/c1-39-20-7-4-8-22(12-20)41(37,38)33-15-29(16-33)17-34(28(36)31-19-6-3-5-18(30)11-19)25(14-35)27-26(29)23-10-9-21(40-2)13-24(23)32-27/h3-13,25,32,35H,14-17H2,1-2H3,(H,31,36)/t25-/m1/s1.